The standard InChI is InChI=1S/C20H20FN3O3/c21-17-3-1-15(2-4-17)19-6-5-18(27-19)13-16(14-22)20(25)23-7-8-24-9-11-26-12-10-24/h1-6,13H,7-12H2,(H,23,25)/b16-13+. The molecule has 1 aliphatic heterocycles. The lowest BCUT2D eigenvalue weighted by Gasteiger charge is -2.26. The van der Waals surface area contributed by atoms with Gasteiger partial charge in [0.25, 0.3) is 5.91 Å². The van der Waals surface area contributed by atoms with Crippen LogP contribution in [-0.4, -0.2) is 50.2 Å². The second-order valence-corrected chi connectivity index (χ2v) is 6.09. The van der Waals surface area contributed by atoms with E-state index >= 15 is 0 Å². The van der Waals surface area contributed by atoms with Gasteiger partial charge in [0.15, 0.2) is 0 Å². The Bertz CT molecular complexity index is 846. The maximum atomic E-state index is 13.0. The predicted octanol–water partition coefficient (Wildman–Crippen LogP) is 2.44. The van der Waals surface area contributed by atoms with Crippen LogP contribution < -0.4 is 5.32 Å². The topological polar surface area (TPSA) is 78.5 Å². The maximum absolute atomic E-state index is 13.0. The monoisotopic (exact) mass is 369 g/mol. The molecule has 7 heteroatoms. The Labute approximate surface area is 156 Å². The van der Waals surface area contributed by atoms with E-state index in [1.807, 2.05) is 6.07 Å². The van der Waals surface area contributed by atoms with Crippen LogP contribution in [0, 0.1) is 17.1 Å². The molecular formula is C20H20FN3O3. The van der Waals surface area contributed by atoms with Crippen LogP contribution in [0.25, 0.3) is 17.4 Å². The summed E-state index contributed by atoms with van der Waals surface area (Å²) in [7, 11) is 0. The van der Waals surface area contributed by atoms with Crippen molar-refractivity contribution in [3.8, 4) is 17.4 Å². The summed E-state index contributed by atoms with van der Waals surface area (Å²) in [6.45, 7) is 4.25. The fourth-order valence-electron chi connectivity index (χ4n) is 2.74. The van der Waals surface area contributed by atoms with E-state index in [-0.39, 0.29) is 11.4 Å². The normalized spacial score (nSPS) is 15.3. The van der Waals surface area contributed by atoms with E-state index in [0.717, 1.165) is 13.1 Å². The molecule has 0 saturated carbocycles. The summed E-state index contributed by atoms with van der Waals surface area (Å²) in [6.07, 6.45) is 1.40. The van der Waals surface area contributed by atoms with Gasteiger partial charge in [0, 0.05) is 37.8 Å². The Morgan fingerprint density at radius 2 is 1.96 bits per heavy atom. The molecule has 6 nitrogen and oxygen atoms in total. The van der Waals surface area contributed by atoms with E-state index in [9.17, 15) is 14.4 Å². The number of rotatable bonds is 6. The van der Waals surface area contributed by atoms with Crippen molar-refractivity contribution < 1.29 is 18.3 Å². The average molecular weight is 369 g/mol. The quantitative estimate of drug-likeness (QED) is 0.625. The lowest BCUT2D eigenvalue weighted by molar-refractivity contribution is -0.117. The number of amides is 1. The fourth-order valence-corrected chi connectivity index (χ4v) is 2.74. The van der Waals surface area contributed by atoms with Crippen LogP contribution >= 0.6 is 0 Å². The molecule has 2 aromatic rings. The van der Waals surface area contributed by atoms with Gasteiger partial charge in [0.05, 0.1) is 13.2 Å². The Balaban J connectivity index is 1.59. The van der Waals surface area contributed by atoms with E-state index in [0.29, 0.717) is 43.4 Å². The summed E-state index contributed by atoms with van der Waals surface area (Å²) in [5.41, 5.74) is 0.682. The summed E-state index contributed by atoms with van der Waals surface area (Å²) in [5.74, 6) is 0.150. The summed E-state index contributed by atoms with van der Waals surface area (Å²) < 4.78 is 23.9. The van der Waals surface area contributed by atoms with Crippen LogP contribution in [0.3, 0.4) is 0 Å². The number of halogens is 1. The Kier molecular flexibility index (Phi) is 6.36. The number of carbonyl (C=O) groups is 1. The lowest BCUT2D eigenvalue weighted by Crippen LogP contribution is -2.41. The van der Waals surface area contributed by atoms with E-state index in [4.69, 9.17) is 9.15 Å². The number of furan rings is 1. The number of nitrogens with zero attached hydrogens (tertiary/aromatic N) is 2. The molecule has 2 heterocycles. The van der Waals surface area contributed by atoms with E-state index in [1.165, 1.54) is 18.2 Å². The summed E-state index contributed by atoms with van der Waals surface area (Å²) >= 11 is 0. The van der Waals surface area contributed by atoms with Crippen molar-refractivity contribution in [2.45, 2.75) is 0 Å². The van der Waals surface area contributed by atoms with Crippen molar-refractivity contribution in [3.05, 3.63) is 53.5 Å². The fraction of sp³-hybridized carbons (Fsp3) is 0.300. The van der Waals surface area contributed by atoms with Gasteiger partial charge >= 0.3 is 0 Å². The zero-order valence-corrected chi connectivity index (χ0v) is 14.8. The van der Waals surface area contributed by atoms with Crippen molar-refractivity contribution in [2.24, 2.45) is 0 Å². The molecule has 1 saturated heterocycles. The van der Waals surface area contributed by atoms with Crippen LogP contribution in [0.15, 0.2) is 46.4 Å². The molecule has 1 aromatic carbocycles. The molecule has 1 aromatic heterocycles. The van der Waals surface area contributed by atoms with Gasteiger partial charge in [-0.2, -0.15) is 5.26 Å². The van der Waals surface area contributed by atoms with Crippen molar-refractivity contribution in [1.82, 2.24) is 10.2 Å². The zero-order valence-electron chi connectivity index (χ0n) is 14.8. The predicted molar refractivity (Wildman–Crippen MR) is 98.0 cm³/mol. The Hall–Kier alpha value is -2.95. The number of hydrogen-bond donors (Lipinski definition) is 1. The lowest BCUT2D eigenvalue weighted by atomic mass is 10.2. The second kappa shape index (κ2) is 9.12. The van der Waals surface area contributed by atoms with Crippen molar-refractivity contribution in [2.75, 3.05) is 39.4 Å². The smallest absolute Gasteiger partial charge is 0.262 e. The highest BCUT2D eigenvalue weighted by atomic mass is 19.1. The third kappa shape index (κ3) is 5.26. The third-order valence-electron chi connectivity index (χ3n) is 4.22. The summed E-state index contributed by atoms with van der Waals surface area (Å²) in [6, 6.07) is 11.2. The first-order valence-electron chi connectivity index (χ1n) is 8.71. The Morgan fingerprint density at radius 3 is 2.67 bits per heavy atom. The first-order valence-corrected chi connectivity index (χ1v) is 8.71. The zero-order chi connectivity index (χ0) is 19.1. The van der Waals surface area contributed by atoms with Gasteiger partial charge in [-0.05, 0) is 36.4 Å². The largest absolute Gasteiger partial charge is 0.457 e. The molecule has 27 heavy (non-hydrogen) atoms. The number of hydrogen-bond acceptors (Lipinski definition) is 5. The molecule has 1 N–H and O–H groups in total. The Morgan fingerprint density at radius 1 is 1.22 bits per heavy atom. The second-order valence-electron chi connectivity index (χ2n) is 6.09. The molecule has 0 radical (unpaired) electrons. The molecule has 0 bridgehead atoms. The van der Waals surface area contributed by atoms with E-state index < -0.39 is 5.91 Å². The highest BCUT2D eigenvalue weighted by Gasteiger charge is 2.13. The van der Waals surface area contributed by atoms with Crippen LogP contribution in [-0.2, 0) is 9.53 Å². The molecular weight excluding hydrogens is 349 g/mol. The average Bonchev–Trinajstić information content (AvgIpc) is 3.16. The van der Waals surface area contributed by atoms with Crippen molar-refractivity contribution in [1.29, 1.82) is 5.26 Å². The van der Waals surface area contributed by atoms with E-state index in [1.54, 1.807) is 24.3 Å². The van der Waals surface area contributed by atoms with E-state index in [2.05, 4.69) is 10.2 Å². The molecule has 0 unspecified atom stereocenters. The SMILES string of the molecule is N#C/C(=C\c1ccc(-c2ccc(F)cc2)o1)C(=O)NCCN1CCOCC1. The van der Waals surface area contributed by atoms with Gasteiger partial charge in [-0.1, -0.05) is 0 Å². The van der Waals surface area contributed by atoms with Gasteiger partial charge in [0.2, 0.25) is 0 Å². The molecule has 1 aliphatic rings. The van der Waals surface area contributed by atoms with Gasteiger partial charge in [-0.15, -0.1) is 0 Å². The van der Waals surface area contributed by atoms with Gasteiger partial charge in [0.1, 0.15) is 29.0 Å². The van der Waals surface area contributed by atoms with Crippen LogP contribution in [0.5, 0.6) is 0 Å². The minimum atomic E-state index is -0.439. The molecule has 1 amide bonds. The number of nitrogens with one attached hydrogen (secondary N) is 1. The number of benzene rings is 1. The van der Waals surface area contributed by atoms with Crippen LogP contribution in [0.4, 0.5) is 4.39 Å². The minimum Gasteiger partial charge on any atom is -0.457 e. The van der Waals surface area contributed by atoms with Gasteiger partial charge < -0.3 is 14.5 Å². The molecule has 0 atom stereocenters. The highest BCUT2D eigenvalue weighted by molar-refractivity contribution is 6.01. The molecule has 140 valence electrons. The molecule has 3 rings (SSSR count). The molecule has 1 fully saturated rings. The number of carbonyl (C=O) groups excluding carboxylic acids is 1. The van der Waals surface area contributed by atoms with Crippen molar-refractivity contribution >= 4 is 12.0 Å². The first-order chi connectivity index (χ1) is 13.2. The third-order valence-corrected chi connectivity index (χ3v) is 4.22. The van der Waals surface area contributed by atoms with Crippen LogP contribution in [0.1, 0.15) is 5.76 Å². The highest BCUT2D eigenvalue weighted by Crippen LogP contribution is 2.23. The number of ether oxygens (including phenoxy) is 1. The molecule has 0 aliphatic carbocycles. The summed E-state index contributed by atoms with van der Waals surface area (Å²) in [5, 5.41) is 12.0. The van der Waals surface area contributed by atoms with Crippen LogP contribution in [0.2, 0.25) is 0 Å². The molecule has 0 spiro atoms. The summed E-state index contributed by atoms with van der Waals surface area (Å²) in [4.78, 5) is 14.4. The van der Waals surface area contributed by atoms with Crippen molar-refractivity contribution in [3.63, 3.8) is 0 Å². The first kappa shape index (κ1) is 18.8. The number of nitriles is 1. The minimum absolute atomic E-state index is 0.0306. The van der Waals surface area contributed by atoms with Gasteiger partial charge in [-0.3, -0.25) is 9.69 Å². The number of morpholine rings is 1. The van der Waals surface area contributed by atoms with Gasteiger partial charge in [-0.25, -0.2) is 4.39 Å². The maximum Gasteiger partial charge on any atom is 0.262 e.